The molecular formula is C27H25FN10. The fourth-order valence-electron chi connectivity index (χ4n) is 4.88. The quantitative estimate of drug-likeness (QED) is 0.211. The molecule has 190 valence electrons. The van der Waals surface area contributed by atoms with Gasteiger partial charge in [-0.1, -0.05) is 18.2 Å². The fourth-order valence-corrected chi connectivity index (χ4v) is 4.88. The lowest BCUT2D eigenvalue weighted by Crippen LogP contribution is -2.43. The van der Waals surface area contributed by atoms with Gasteiger partial charge >= 0.3 is 0 Å². The van der Waals surface area contributed by atoms with Crippen molar-refractivity contribution in [3.8, 4) is 16.8 Å². The van der Waals surface area contributed by atoms with Crippen LogP contribution >= 0.6 is 0 Å². The van der Waals surface area contributed by atoms with E-state index in [9.17, 15) is 0 Å². The highest BCUT2D eigenvalue weighted by molar-refractivity contribution is 6.11. The van der Waals surface area contributed by atoms with Crippen LogP contribution < -0.4 is 21.7 Å². The molecule has 6 N–H and O–H groups in total. The number of anilines is 2. The van der Waals surface area contributed by atoms with Gasteiger partial charge in [-0.15, -0.1) is 0 Å². The average Bonchev–Trinajstić information content (AvgIpc) is 3.38. The molecule has 0 spiro atoms. The van der Waals surface area contributed by atoms with Gasteiger partial charge in [-0.05, 0) is 29.8 Å². The predicted octanol–water partition coefficient (Wildman–Crippen LogP) is 3.08. The molecule has 6 rings (SSSR count). The Morgan fingerprint density at radius 2 is 1.92 bits per heavy atom. The molecule has 1 aliphatic heterocycles. The molecule has 5 aromatic rings. The van der Waals surface area contributed by atoms with E-state index in [-0.39, 0.29) is 17.2 Å². The second kappa shape index (κ2) is 9.52. The molecule has 11 heteroatoms. The highest BCUT2D eigenvalue weighted by Gasteiger charge is 2.20. The number of para-hydroxylation sites is 1. The summed E-state index contributed by atoms with van der Waals surface area (Å²) in [5.74, 6) is 0.151. The van der Waals surface area contributed by atoms with E-state index in [1.165, 1.54) is 6.20 Å². The van der Waals surface area contributed by atoms with Crippen LogP contribution in [0, 0.1) is 11.2 Å². The lowest BCUT2D eigenvalue weighted by atomic mass is 10.0. The zero-order valence-corrected chi connectivity index (χ0v) is 20.4. The summed E-state index contributed by atoms with van der Waals surface area (Å²) in [5.41, 5.74) is 16.3. The van der Waals surface area contributed by atoms with Crippen molar-refractivity contribution >= 4 is 45.7 Å². The third-order valence-electron chi connectivity index (χ3n) is 6.74. The maximum atomic E-state index is 15.1. The van der Waals surface area contributed by atoms with Crippen molar-refractivity contribution in [3.05, 3.63) is 72.4 Å². The van der Waals surface area contributed by atoms with Gasteiger partial charge < -0.3 is 21.7 Å². The van der Waals surface area contributed by atoms with Crippen LogP contribution in [0.2, 0.25) is 0 Å². The lowest BCUT2D eigenvalue weighted by molar-refractivity contribution is 0.585. The first kappa shape index (κ1) is 23.5. The number of imidazole rings is 1. The van der Waals surface area contributed by atoms with E-state index in [2.05, 4.69) is 31.2 Å². The highest BCUT2D eigenvalue weighted by atomic mass is 19.1. The zero-order chi connectivity index (χ0) is 26.2. The molecule has 2 aromatic carbocycles. The van der Waals surface area contributed by atoms with Crippen LogP contribution in [-0.4, -0.2) is 57.9 Å². The molecule has 38 heavy (non-hydrogen) atoms. The van der Waals surface area contributed by atoms with Gasteiger partial charge in [0.15, 0.2) is 11.6 Å². The Labute approximate surface area is 217 Å². The minimum atomic E-state index is -0.623. The molecule has 4 heterocycles. The van der Waals surface area contributed by atoms with Crippen molar-refractivity contribution in [2.24, 2.45) is 10.7 Å². The maximum absolute atomic E-state index is 15.1. The van der Waals surface area contributed by atoms with Crippen molar-refractivity contribution in [3.63, 3.8) is 0 Å². The van der Waals surface area contributed by atoms with Crippen LogP contribution in [0.5, 0.6) is 0 Å². The molecule has 1 saturated heterocycles. The zero-order valence-electron chi connectivity index (χ0n) is 20.4. The number of hydrogen-bond donors (Lipinski definition) is 4. The number of fused-ring (bicyclic) bond motifs is 2. The Bertz CT molecular complexity index is 1720. The molecule has 1 fully saturated rings. The summed E-state index contributed by atoms with van der Waals surface area (Å²) in [4.78, 5) is 19.7. The summed E-state index contributed by atoms with van der Waals surface area (Å²) in [6.07, 6.45) is 4.04. The minimum Gasteiger partial charge on any atom is -0.383 e. The summed E-state index contributed by atoms with van der Waals surface area (Å²) in [7, 11) is 0. The van der Waals surface area contributed by atoms with Gasteiger partial charge in [0.05, 0.1) is 22.2 Å². The van der Waals surface area contributed by atoms with Crippen LogP contribution in [0.25, 0.3) is 38.8 Å². The van der Waals surface area contributed by atoms with Gasteiger partial charge in [-0.3, -0.25) is 9.98 Å². The third kappa shape index (κ3) is 3.98. The van der Waals surface area contributed by atoms with Crippen molar-refractivity contribution in [1.82, 2.24) is 24.8 Å². The van der Waals surface area contributed by atoms with Crippen LogP contribution in [0.3, 0.4) is 0 Å². The maximum Gasteiger partial charge on any atom is 0.173 e. The smallest absolute Gasteiger partial charge is 0.173 e. The number of nitrogens with two attached hydrogens (primary N) is 2. The number of piperazine rings is 1. The Hall–Kier alpha value is -4.90. The molecule has 0 bridgehead atoms. The number of hydrogen-bond acceptors (Lipinski definition) is 7. The predicted molar refractivity (Wildman–Crippen MR) is 149 cm³/mol. The van der Waals surface area contributed by atoms with Crippen LogP contribution in [0.4, 0.5) is 16.0 Å². The van der Waals surface area contributed by atoms with Gasteiger partial charge in [0, 0.05) is 55.0 Å². The van der Waals surface area contributed by atoms with Crippen molar-refractivity contribution in [2.75, 3.05) is 36.8 Å². The summed E-state index contributed by atoms with van der Waals surface area (Å²) >= 11 is 0. The first-order valence-electron chi connectivity index (χ1n) is 12.1. The summed E-state index contributed by atoms with van der Waals surface area (Å²) in [6.45, 7) is 3.47. The van der Waals surface area contributed by atoms with Crippen LogP contribution in [0.1, 0.15) is 5.56 Å². The molecule has 0 atom stereocenters. The largest absolute Gasteiger partial charge is 0.383 e. The number of aromatic nitrogens is 4. The third-order valence-corrected chi connectivity index (χ3v) is 6.74. The van der Waals surface area contributed by atoms with Crippen molar-refractivity contribution in [1.29, 1.82) is 5.41 Å². The number of nitrogens with zero attached hydrogens (tertiary/aromatic N) is 6. The first-order chi connectivity index (χ1) is 18.5. The number of amidine groups is 1. The van der Waals surface area contributed by atoms with Gasteiger partial charge in [0.2, 0.25) is 0 Å². The molecule has 0 amide bonds. The Morgan fingerprint density at radius 3 is 2.74 bits per heavy atom. The van der Waals surface area contributed by atoms with Crippen LogP contribution in [0.15, 0.2) is 66.0 Å². The number of nitrogen functional groups attached to an aromatic ring is 1. The Morgan fingerprint density at radius 1 is 1.11 bits per heavy atom. The molecule has 10 nitrogen and oxygen atoms in total. The minimum absolute atomic E-state index is 0.0978. The SMILES string of the molecule is N=CN=C(N)c1cc(-c2ccnc(N)c2F)cc2c1ncn2-c1cc(N2CCNCC2)nc2ccccc12. The number of nitrogens with one attached hydrogen (secondary N) is 2. The first-order valence-corrected chi connectivity index (χ1v) is 12.1. The molecule has 0 saturated carbocycles. The lowest BCUT2D eigenvalue weighted by Gasteiger charge is -2.29. The molecular weight excluding hydrogens is 483 g/mol. The molecule has 0 aliphatic carbocycles. The topological polar surface area (TPSA) is 147 Å². The average molecular weight is 509 g/mol. The number of pyridine rings is 2. The van der Waals surface area contributed by atoms with E-state index in [1.54, 1.807) is 18.5 Å². The van der Waals surface area contributed by atoms with E-state index in [0.29, 0.717) is 22.2 Å². The standard InChI is InChI=1S/C27H25FN10/c28-24-17(5-6-33-27(24)31)16-11-19(26(30)34-14-29)25-22(12-16)38(15-35-25)21-13-23(37-9-7-32-8-10-37)36-20-4-2-1-3-18(20)21/h1-6,11-15,32H,7-10H2,(H2,31,33)(H3,29,30,34). The number of rotatable bonds is 5. The van der Waals surface area contributed by atoms with Gasteiger partial charge in [0.1, 0.15) is 24.3 Å². The molecule has 0 unspecified atom stereocenters. The van der Waals surface area contributed by atoms with E-state index < -0.39 is 5.82 Å². The van der Waals surface area contributed by atoms with Gasteiger partial charge in [0.25, 0.3) is 0 Å². The van der Waals surface area contributed by atoms with E-state index in [1.807, 2.05) is 34.9 Å². The van der Waals surface area contributed by atoms with Gasteiger partial charge in [-0.2, -0.15) is 0 Å². The monoisotopic (exact) mass is 508 g/mol. The highest BCUT2D eigenvalue weighted by Crippen LogP contribution is 2.34. The number of benzene rings is 2. The molecule has 1 aliphatic rings. The van der Waals surface area contributed by atoms with Crippen molar-refractivity contribution < 1.29 is 4.39 Å². The Kier molecular flexibility index (Phi) is 5.89. The van der Waals surface area contributed by atoms with E-state index >= 15 is 4.39 Å². The number of halogens is 1. The van der Waals surface area contributed by atoms with Crippen molar-refractivity contribution in [2.45, 2.75) is 0 Å². The Balaban J connectivity index is 1.64. The van der Waals surface area contributed by atoms with Crippen LogP contribution in [-0.2, 0) is 0 Å². The summed E-state index contributed by atoms with van der Waals surface area (Å²) in [5, 5.41) is 11.7. The molecule has 3 aromatic heterocycles. The second-order valence-electron chi connectivity index (χ2n) is 8.96. The number of aliphatic imine (C=N–C) groups is 1. The normalized spacial score (nSPS) is 14.3. The van der Waals surface area contributed by atoms with E-state index in [0.717, 1.165) is 54.9 Å². The second-order valence-corrected chi connectivity index (χ2v) is 8.96. The van der Waals surface area contributed by atoms with E-state index in [4.69, 9.17) is 21.9 Å². The summed E-state index contributed by atoms with van der Waals surface area (Å²) in [6, 6.07) is 15.1. The summed E-state index contributed by atoms with van der Waals surface area (Å²) < 4.78 is 17.0. The van der Waals surface area contributed by atoms with Gasteiger partial charge in [-0.25, -0.2) is 24.3 Å². The fraction of sp³-hybridized carbons (Fsp3) is 0.148. The molecule has 0 radical (unpaired) electrons.